The average Bonchev–Trinajstić information content (AvgIpc) is 2.79. The number of methoxy groups -OCH3 is 1. The van der Waals surface area contributed by atoms with Crippen LogP contribution in [0.3, 0.4) is 0 Å². The average molecular weight is 567 g/mol. The third-order valence-electron chi connectivity index (χ3n) is 4.60. The van der Waals surface area contributed by atoms with E-state index in [-0.39, 0.29) is 11.8 Å². The molecule has 2 amide bonds. The van der Waals surface area contributed by atoms with E-state index in [9.17, 15) is 9.59 Å². The minimum absolute atomic E-state index is 0.140. The first-order valence-corrected chi connectivity index (χ1v) is 11.8. The molecule has 2 rings (SSSR count). The highest BCUT2D eigenvalue weighted by Gasteiger charge is 2.24. The first-order valence-electron chi connectivity index (χ1n) is 10.7. The number of hydrogen-bond acceptors (Lipinski definition) is 6. The van der Waals surface area contributed by atoms with E-state index < -0.39 is 11.9 Å². The molecule has 0 fully saturated rings. The lowest BCUT2D eigenvalue weighted by atomic mass is 10.0. The molecule has 8 nitrogen and oxygen atoms in total. The van der Waals surface area contributed by atoms with Crippen LogP contribution in [0.1, 0.15) is 43.6 Å². The molecule has 0 aromatic heterocycles. The fraction of sp³-hybridized carbons (Fsp3) is 0.375. The molecule has 0 saturated carbocycles. The second kappa shape index (κ2) is 13.0. The molecule has 178 valence electrons. The number of hydrogen-bond donors (Lipinski definition) is 2. The van der Waals surface area contributed by atoms with E-state index in [1.165, 1.54) is 6.21 Å². The molecule has 1 unspecified atom stereocenters. The molecule has 0 aliphatic heterocycles. The summed E-state index contributed by atoms with van der Waals surface area (Å²) in [7, 11) is 1.56. The largest absolute Gasteiger partial charge is 0.497 e. The van der Waals surface area contributed by atoms with Gasteiger partial charge >= 0.3 is 0 Å². The number of carbonyl (C=O) groups is 2. The van der Waals surface area contributed by atoms with Gasteiger partial charge in [-0.2, -0.15) is 5.10 Å². The van der Waals surface area contributed by atoms with Crippen LogP contribution in [0.25, 0.3) is 0 Å². The van der Waals surface area contributed by atoms with Gasteiger partial charge in [-0.25, -0.2) is 5.43 Å². The maximum atomic E-state index is 12.7. The summed E-state index contributed by atoms with van der Waals surface area (Å²) < 4.78 is 17.3. The van der Waals surface area contributed by atoms with Crippen LogP contribution in [-0.4, -0.2) is 44.4 Å². The molecule has 0 aliphatic rings. The van der Waals surface area contributed by atoms with Crippen molar-refractivity contribution in [1.82, 2.24) is 10.7 Å². The van der Waals surface area contributed by atoms with Gasteiger partial charge in [0.1, 0.15) is 11.8 Å². The number of ether oxygens (including phenoxy) is 3. The molecule has 1 atom stereocenters. The van der Waals surface area contributed by atoms with Crippen molar-refractivity contribution in [3.05, 3.63) is 51.1 Å². The number of benzene rings is 2. The maximum absolute atomic E-state index is 12.7. The van der Waals surface area contributed by atoms with Gasteiger partial charge in [-0.05, 0) is 84.3 Å². The highest BCUT2D eigenvalue weighted by Crippen LogP contribution is 2.33. The quantitative estimate of drug-likeness (QED) is 0.243. The number of nitrogens with one attached hydrogen (secondary N) is 2. The van der Waals surface area contributed by atoms with Crippen LogP contribution in [-0.2, 0) is 4.79 Å². The lowest BCUT2D eigenvalue weighted by molar-refractivity contribution is -0.123. The van der Waals surface area contributed by atoms with Gasteiger partial charge in [0.2, 0.25) is 0 Å². The van der Waals surface area contributed by atoms with Crippen LogP contribution in [0.15, 0.2) is 41.5 Å². The number of carbonyl (C=O) groups excluding carboxylic acids is 2. The van der Waals surface area contributed by atoms with E-state index >= 15 is 0 Å². The smallest absolute Gasteiger partial charge is 0.262 e. The second-order valence-corrected chi connectivity index (χ2v) is 8.52. The van der Waals surface area contributed by atoms with Crippen molar-refractivity contribution in [2.45, 2.75) is 33.7 Å². The third kappa shape index (κ3) is 7.62. The van der Waals surface area contributed by atoms with Crippen LogP contribution in [0.5, 0.6) is 17.2 Å². The molecule has 0 saturated heterocycles. The van der Waals surface area contributed by atoms with Gasteiger partial charge in [-0.3, -0.25) is 9.59 Å². The first kappa shape index (κ1) is 26.4. The van der Waals surface area contributed by atoms with Crippen LogP contribution in [0.4, 0.5) is 0 Å². The molecule has 2 N–H and O–H groups in total. The standard InChI is InChI=1S/C24H30IN3O5/c1-6-32-20-13-16(12-19(25)22(20)33-7-2)14-26-28-24(30)21(15(3)4)27-23(29)17-8-10-18(31-5)11-9-17/h8-15,21H,6-7H2,1-5H3,(H,27,29)(H,28,30). The lowest BCUT2D eigenvalue weighted by Crippen LogP contribution is -2.48. The van der Waals surface area contributed by atoms with Crippen LogP contribution in [0, 0.1) is 9.49 Å². The number of halogens is 1. The summed E-state index contributed by atoms with van der Waals surface area (Å²) in [6.07, 6.45) is 1.53. The van der Waals surface area contributed by atoms with E-state index in [1.54, 1.807) is 37.4 Å². The van der Waals surface area contributed by atoms with Gasteiger partial charge < -0.3 is 19.5 Å². The molecule has 0 aliphatic carbocycles. The van der Waals surface area contributed by atoms with Crippen molar-refractivity contribution in [2.75, 3.05) is 20.3 Å². The molecule has 2 aromatic rings. The molecular weight excluding hydrogens is 537 g/mol. The summed E-state index contributed by atoms with van der Waals surface area (Å²) in [6.45, 7) is 8.54. The summed E-state index contributed by atoms with van der Waals surface area (Å²) >= 11 is 2.17. The van der Waals surface area contributed by atoms with Gasteiger partial charge in [0, 0.05) is 5.56 Å². The number of nitrogens with zero attached hydrogens (tertiary/aromatic N) is 1. The zero-order valence-corrected chi connectivity index (χ0v) is 21.6. The Morgan fingerprint density at radius 1 is 1.09 bits per heavy atom. The Morgan fingerprint density at radius 2 is 1.76 bits per heavy atom. The second-order valence-electron chi connectivity index (χ2n) is 7.35. The van der Waals surface area contributed by atoms with Crippen LogP contribution in [0.2, 0.25) is 0 Å². The molecule has 0 heterocycles. The number of hydrazone groups is 1. The minimum Gasteiger partial charge on any atom is -0.497 e. The summed E-state index contributed by atoms with van der Waals surface area (Å²) in [5, 5.41) is 6.85. The van der Waals surface area contributed by atoms with Gasteiger partial charge in [0.25, 0.3) is 11.8 Å². The van der Waals surface area contributed by atoms with Gasteiger partial charge in [0.15, 0.2) is 11.5 Å². The van der Waals surface area contributed by atoms with Crippen molar-refractivity contribution in [3.63, 3.8) is 0 Å². The Bertz CT molecular complexity index is 977. The predicted molar refractivity (Wildman–Crippen MR) is 136 cm³/mol. The summed E-state index contributed by atoms with van der Waals surface area (Å²) in [5.41, 5.74) is 3.70. The Balaban J connectivity index is 2.08. The van der Waals surface area contributed by atoms with Crippen molar-refractivity contribution in [3.8, 4) is 17.2 Å². The SMILES string of the molecule is CCOc1cc(C=NNC(=O)C(NC(=O)c2ccc(OC)cc2)C(C)C)cc(I)c1OCC. The Labute approximate surface area is 208 Å². The minimum atomic E-state index is -0.754. The number of amides is 2. The van der Waals surface area contributed by atoms with E-state index in [0.29, 0.717) is 36.0 Å². The van der Waals surface area contributed by atoms with Crippen molar-refractivity contribution >= 4 is 40.6 Å². The molecular formula is C24H30IN3O5. The fourth-order valence-electron chi connectivity index (χ4n) is 2.95. The van der Waals surface area contributed by atoms with Crippen LogP contribution >= 0.6 is 22.6 Å². The number of rotatable bonds is 11. The van der Waals surface area contributed by atoms with Crippen molar-refractivity contribution in [1.29, 1.82) is 0 Å². The Morgan fingerprint density at radius 3 is 2.33 bits per heavy atom. The molecule has 0 bridgehead atoms. The Kier molecular flexibility index (Phi) is 10.4. The zero-order chi connectivity index (χ0) is 24.4. The summed E-state index contributed by atoms with van der Waals surface area (Å²) in [6, 6.07) is 9.61. The van der Waals surface area contributed by atoms with Crippen molar-refractivity contribution in [2.24, 2.45) is 11.0 Å². The predicted octanol–water partition coefficient (Wildman–Crippen LogP) is 4.00. The van der Waals surface area contributed by atoms with Gasteiger partial charge in [-0.15, -0.1) is 0 Å². The molecule has 9 heteroatoms. The normalized spacial score (nSPS) is 11.8. The fourth-order valence-corrected chi connectivity index (χ4v) is 3.73. The van der Waals surface area contributed by atoms with Crippen LogP contribution < -0.4 is 25.0 Å². The molecule has 2 aromatic carbocycles. The molecule has 0 spiro atoms. The van der Waals surface area contributed by atoms with Gasteiger partial charge in [-0.1, -0.05) is 13.8 Å². The topological polar surface area (TPSA) is 98.2 Å². The summed E-state index contributed by atoms with van der Waals surface area (Å²) in [4.78, 5) is 25.3. The van der Waals surface area contributed by atoms with E-state index in [0.717, 1.165) is 9.13 Å². The van der Waals surface area contributed by atoms with E-state index in [4.69, 9.17) is 14.2 Å². The maximum Gasteiger partial charge on any atom is 0.262 e. The van der Waals surface area contributed by atoms with E-state index in [2.05, 4.69) is 38.4 Å². The molecule has 33 heavy (non-hydrogen) atoms. The highest BCUT2D eigenvalue weighted by atomic mass is 127. The summed E-state index contributed by atoms with van der Waals surface area (Å²) in [5.74, 6) is 1.05. The van der Waals surface area contributed by atoms with Gasteiger partial charge in [0.05, 0.1) is 30.1 Å². The molecule has 0 radical (unpaired) electrons. The Hall–Kier alpha value is -2.82. The lowest BCUT2D eigenvalue weighted by Gasteiger charge is -2.20. The third-order valence-corrected chi connectivity index (χ3v) is 5.40. The zero-order valence-electron chi connectivity index (χ0n) is 19.5. The van der Waals surface area contributed by atoms with E-state index in [1.807, 2.05) is 33.8 Å². The highest BCUT2D eigenvalue weighted by molar-refractivity contribution is 14.1. The monoisotopic (exact) mass is 567 g/mol. The van der Waals surface area contributed by atoms with Crippen molar-refractivity contribution < 1.29 is 23.8 Å². The first-order chi connectivity index (χ1) is 15.8.